The highest BCUT2D eigenvalue weighted by Gasteiger charge is 2.49. The fourth-order valence-electron chi connectivity index (χ4n) is 9.78. The summed E-state index contributed by atoms with van der Waals surface area (Å²) in [5.41, 5.74) is 3.49. The number of para-hydroxylation sites is 2. The van der Waals surface area contributed by atoms with Crippen molar-refractivity contribution < 1.29 is 52.7 Å². The lowest BCUT2D eigenvalue weighted by molar-refractivity contribution is -0.141. The molecule has 3 N–H and O–H groups in total. The summed E-state index contributed by atoms with van der Waals surface area (Å²) in [6, 6.07) is 11.8. The zero-order chi connectivity index (χ0) is 59.5. The van der Waals surface area contributed by atoms with Gasteiger partial charge in [-0.1, -0.05) is 116 Å². The molecule has 2 fully saturated rings. The molecule has 4 rings (SSSR count). The van der Waals surface area contributed by atoms with Crippen LogP contribution < -0.4 is 4.74 Å². The van der Waals surface area contributed by atoms with E-state index in [4.69, 9.17) is 46.3 Å². The molecule has 4 unspecified atom stereocenters. The standard InChI is InChI=1S/C39H65ClO6Si2.C25H33ClO5/c1-15-16-19-28(2)33(45-47(11,12)38(3,4)5)25-24-30-34(46-48(13,14)39(6,7)8)26-32(40)36(30)31-22-17-20-29(37(31)44-27-42-9)21-18-23-35(41)43-10;1-4-5-8-16(2)21(27)14-13-18-22(28)15-20(26)24(18)19-11-6-9-17(25(19)30)10-7-12-23(29)31-3/h17,20,22,24-25,28,30,32-34,36H,18-19,21,23,26-27H2,1-14H3;6,9,11,13-14,16,18,20-22,24,27-28,30H,7-8,10,12,15H2,1-3H3/b25-24+;14-13+/t28?,30-,32+,33?,34-,36-;16?,18-,20+,21?,22+,24-/m00/s1. The molecule has 79 heavy (non-hydrogen) atoms. The second-order valence-corrected chi connectivity index (χ2v) is 35.2. The topological polar surface area (TPSA) is 150 Å². The largest absolute Gasteiger partial charge is 0.507 e. The number of rotatable bonds is 25. The molecule has 2 aromatic carbocycles. The molecule has 0 aromatic heterocycles. The maximum Gasteiger partial charge on any atom is 0.305 e. The first-order valence-electron chi connectivity index (χ1n) is 28.3. The number of hydrogen-bond donors (Lipinski definition) is 3. The third-order valence-corrected chi connectivity index (χ3v) is 26.6. The van der Waals surface area contributed by atoms with Crippen molar-refractivity contribution in [3.63, 3.8) is 0 Å². The number of phenols is 1. The Hall–Kier alpha value is -3.61. The third kappa shape index (κ3) is 20.4. The van der Waals surface area contributed by atoms with Crippen LogP contribution in [0.25, 0.3) is 0 Å². The van der Waals surface area contributed by atoms with Gasteiger partial charge in [-0.2, -0.15) is 0 Å². The first-order valence-corrected chi connectivity index (χ1v) is 35.0. The van der Waals surface area contributed by atoms with Gasteiger partial charge in [0.25, 0.3) is 0 Å². The Morgan fingerprint density at radius 1 is 0.734 bits per heavy atom. The summed E-state index contributed by atoms with van der Waals surface area (Å²) < 4.78 is 35.5. The van der Waals surface area contributed by atoms with Crippen LogP contribution in [0.15, 0.2) is 60.7 Å². The number of phenolic OH excluding ortho intramolecular Hbond substituents is 1. The number of ether oxygens (including phenoxy) is 4. The van der Waals surface area contributed by atoms with Gasteiger partial charge in [0, 0.05) is 67.2 Å². The first kappa shape index (κ1) is 69.7. The van der Waals surface area contributed by atoms with Gasteiger partial charge >= 0.3 is 11.9 Å². The smallest absolute Gasteiger partial charge is 0.305 e. The van der Waals surface area contributed by atoms with Crippen molar-refractivity contribution in [2.45, 2.75) is 217 Å². The van der Waals surface area contributed by atoms with Crippen molar-refractivity contribution >= 4 is 51.8 Å². The summed E-state index contributed by atoms with van der Waals surface area (Å²) in [5, 5.41) is 31.5. The van der Waals surface area contributed by atoms with Gasteiger partial charge in [0.1, 0.15) is 11.5 Å². The maximum absolute atomic E-state index is 11.9. The molecule has 2 saturated carbocycles. The molecule has 12 atom stereocenters. The molecule has 0 radical (unpaired) electrons. The van der Waals surface area contributed by atoms with Crippen LogP contribution in [-0.2, 0) is 45.5 Å². The van der Waals surface area contributed by atoms with Gasteiger partial charge in [0.05, 0.1) is 38.6 Å². The van der Waals surface area contributed by atoms with Gasteiger partial charge in [0.15, 0.2) is 23.4 Å². The minimum absolute atomic E-state index is 0.00758. The Morgan fingerprint density at radius 3 is 1.78 bits per heavy atom. The lowest BCUT2D eigenvalue weighted by Gasteiger charge is -2.41. The molecule has 11 nitrogen and oxygen atoms in total. The highest BCUT2D eigenvalue weighted by Crippen LogP contribution is 2.52. The molecule has 2 aromatic rings. The van der Waals surface area contributed by atoms with Gasteiger partial charge in [-0.05, 0) is 123 Å². The number of aromatic hydroxyl groups is 1. The number of carbonyl (C=O) groups is 2. The van der Waals surface area contributed by atoms with Gasteiger partial charge in [-0.25, -0.2) is 0 Å². The number of esters is 2. The Labute approximate surface area is 488 Å². The molecule has 442 valence electrons. The van der Waals surface area contributed by atoms with Crippen LogP contribution in [0, 0.1) is 47.4 Å². The summed E-state index contributed by atoms with van der Waals surface area (Å²) in [5.74, 6) is 12.1. The Morgan fingerprint density at radius 2 is 1.24 bits per heavy atom. The third-order valence-electron chi connectivity index (χ3n) is 16.7. The summed E-state index contributed by atoms with van der Waals surface area (Å²) in [4.78, 5) is 23.2. The Kier molecular flexibility index (Phi) is 28.5. The predicted molar refractivity (Wildman–Crippen MR) is 327 cm³/mol. The fraction of sp³-hybridized carbons (Fsp3) is 0.656. The Bertz CT molecular complexity index is 2420. The van der Waals surface area contributed by atoms with Crippen LogP contribution in [-0.4, -0.2) is 107 Å². The number of benzene rings is 2. The van der Waals surface area contributed by atoms with Crippen LogP contribution in [0.4, 0.5) is 0 Å². The van der Waals surface area contributed by atoms with Crippen molar-refractivity contribution in [1.82, 2.24) is 0 Å². The molecule has 15 heteroatoms. The minimum Gasteiger partial charge on any atom is -0.507 e. The minimum atomic E-state index is -2.14. The molecule has 0 aliphatic heterocycles. The van der Waals surface area contributed by atoms with Gasteiger partial charge < -0.3 is 43.1 Å². The van der Waals surface area contributed by atoms with Crippen molar-refractivity contribution in [1.29, 1.82) is 0 Å². The zero-order valence-corrected chi connectivity index (χ0v) is 54.4. The van der Waals surface area contributed by atoms with E-state index in [2.05, 4.69) is 133 Å². The fourth-order valence-corrected chi connectivity index (χ4v) is 13.5. The molecule has 0 bridgehead atoms. The summed E-state index contributed by atoms with van der Waals surface area (Å²) in [6.07, 6.45) is 12.2. The predicted octanol–water partition coefficient (Wildman–Crippen LogP) is 14.2. The average molecular weight is 1170 g/mol. The van der Waals surface area contributed by atoms with Gasteiger partial charge in [-0.15, -0.1) is 46.9 Å². The van der Waals surface area contributed by atoms with Crippen molar-refractivity contribution in [3.8, 4) is 35.2 Å². The number of carbonyl (C=O) groups excluding carboxylic acids is 2. The second kappa shape index (κ2) is 32.3. The van der Waals surface area contributed by atoms with Crippen LogP contribution in [0.1, 0.15) is 155 Å². The Balaban J connectivity index is 0.000000455. The maximum atomic E-state index is 11.9. The molecule has 0 amide bonds. The number of hydrogen-bond acceptors (Lipinski definition) is 11. The van der Waals surface area contributed by atoms with Crippen molar-refractivity contribution in [2.75, 3.05) is 28.1 Å². The molecule has 0 saturated heterocycles. The van der Waals surface area contributed by atoms with E-state index in [-0.39, 0.29) is 99.4 Å². The highest BCUT2D eigenvalue weighted by molar-refractivity contribution is 6.74. The number of methoxy groups -OCH3 is 3. The lowest BCUT2D eigenvalue weighted by atomic mass is 9.85. The van der Waals surface area contributed by atoms with Crippen molar-refractivity contribution in [2.24, 2.45) is 23.7 Å². The van der Waals surface area contributed by atoms with Crippen LogP contribution in [0.3, 0.4) is 0 Å². The molecule has 2 aliphatic carbocycles. The first-order chi connectivity index (χ1) is 37.0. The van der Waals surface area contributed by atoms with E-state index < -0.39 is 28.8 Å². The molecule has 2 aliphatic rings. The van der Waals surface area contributed by atoms with Crippen molar-refractivity contribution in [3.05, 3.63) is 83.0 Å². The van der Waals surface area contributed by atoms with E-state index >= 15 is 0 Å². The SMILES string of the molecule is CC#CCC(C)C(/C=C/[C@@H]1[C@@H](c2cccc(CCCC(=O)OC)c2OCOC)[C@H](Cl)C[C@@H]1O[Si](C)(C)C(C)(C)C)O[Si](C)(C)C(C)(C)C.CC#CCC(C)C(O)/C=C/[C@@H]1[C@@H](c2cccc(CCCC(=O)OC)c2O)[C@H](Cl)C[C@H]1O. The van der Waals surface area contributed by atoms with E-state index in [1.807, 2.05) is 38.1 Å². The molecule has 0 spiro atoms. The monoisotopic (exact) mass is 1170 g/mol. The van der Waals surface area contributed by atoms with E-state index in [0.29, 0.717) is 50.5 Å². The summed E-state index contributed by atoms with van der Waals surface area (Å²) in [7, 11) is 0.173. The normalized spacial score (nSPS) is 23.2. The number of aliphatic hydroxyl groups excluding tert-OH is 2. The second-order valence-electron chi connectivity index (χ2n) is 24.6. The highest BCUT2D eigenvalue weighted by atomic mass is 35.5. The van der Waals surface area contributed by atoms with Gasteiger partial charge in [-0.3, -0.25) is 9.59 Å². The quantitative estimate of drug-likeness (QED) is 0.0218. The molecular weight excluding hydrogens is 1070 g/mol. The molecule has 0 heterocycles. The average Bonchev–Trinajstić information content (AvgIpc) is 3.95. The van der Waals surface area contributed by atoms with E-state index in [1.54, 1.807) is 20.1 Å². The van der Waals surface area contributed by atoms with Crippen LogP contribution in [0.5, 0.6) is 11.5 Å². The van der Waals surface area contributed by atoms with Crippen LogP contribution >= 0.6 is 23.2 Å². The van der Waals surface area contributed by atoms with E-state index in [0.717, 1.165) is 35.3 Å². The van der Waals surface area contributed by atoms with E-state index in [1.165, 1.54) is 14.2 Å². The summed E-state index contributed by atoms with van der Waals surface area (Å²) >= 11 is 14.0. The van der Waals surface area contributed by atoms with Crippen LogP contribution in [0.2, 0.25) is 36.3 Å². The summed E-state index contributed by atoms with van der Waals surface area (Å²) in [6.45, 7) is 30.9. The number of alkyl halides is 2. The number of halogens is 2. The molecular formula is C64H98Cl2O11Si2. The van der Waals surface area contributed by atoms with Gasteiger partial charge in [0.2, 0.25) is 0 Å². The lowest BCUT2D eigenvalue weighted by Crippen LogP contribution is -2.45. The number of aryl methyl sites for hydroxylation is 2. The van der Waals surface area contributed by atoms with E-state index in [9.17, 15) is 24.9 Å². The number of aliphatic hydroxyl groups is 2. The zero-order valence-electron chi connectivity index (χ0n) is 50.8.